The highest BCUT2D eigenvalue weighted by molar-refractivity contribution is 6.30. The summed E-state index contributed by atoms with van der Waals surface area (Å²) < 4.78 is 43.4. The SMILES string of the molecule is CN(C)CCCC1(C(F)(F)F)c2cc(Cl)ccc2Nc2ncncc21. The predicted octanol–water partition coefficient (Wildman–Crippen LogP) is 4.38. The summed E-state index contributed by atoms with van der Waals surface area (Å²) in [6.07, 6.45) is -1.76. The van der Waals surface area contributed by atoms with Gasteiger partial charge in [0, 0.05) is 22.5 Å². The van der Waals surface area contributed by atoms with E-state index in [-0.39, 0.29) is 28.4 Å². The minimum absolute atomic E-state index is 0.0380. The predicted molar refractivity (Wildman–Crippen MR) is 91.4 cm³/mol. The third-order valence-corrected chi connectivity index (χ3v) is 4.74. The molecule has 0 saturated heterocycles. The van der Waals surface area contributed by atoms with Gasteiger partial charge in [-0.05, 0) is 57.2 Å². The topological polar surface area (TPSA) is 41.0 Å². The van der Waals surface area contributed by atoms with Gasteiger partial charge in [-0.25, -0.2) is 9.97 Å². The Morgan fingerprint density at radius 2 is 2.00 bits per heavy atom. The van der Waals surface area contributed by atoms with Crippen molar-refractivity contribution >= 4 is 23.1 Å². The van der Waals surface area contributed by atoms with Crippen molar-refractivity contribution in [3.8, 4) is 0 Å². The van der Waals surface area contributed by atoms with Gasteiger partial charge in [0.15, 0.2) is 0 Å². The molecule has 25 heavy (non-hydrogen) atoms. The van der Waals surface area contributed by atoms with Crippen molar-refractivity contribution < 1.29 is 13.2 Å². The van der Waals surface area contributed by atoms with E-state index in [4.69, 9.17) is 11.6 Å². The Kier molecular flexibility index (Phi) is 4.64. The molecular weight excluding hydrogens is 353 g/mol. The second kappa shape index (κ2) is 6.46. The molecule has 134 valence electrons. The van der Waals surface area contributed by atoms with Crippen molar-refractivity contribution in [2.24, 2.45) is 0 Å². The molecule has 1 aliphatic rings. The number of halogens is 4. The van der Waals surface area contributed by atoms with Crippen LogP contribution in [0, 0.1) is 0 Å². The van der Waals surface area contributed by atoms with E-state index in [1.807, 2.05) is 19.0 Å². The average molecular weight is 371 g/mol. The summed E-state index contributed by atoms with van der Waals surface area (Å²) in [4.78, 5) is 9.75. The van der Waals surface area contributed by atoms with Gasteiger partial charge in [-0.3, -0.25) is 0 Å². The fraction of sp³-hybridized carbons (Fsp3) is 0.412. The fourth-order valence-electron chi connectivity index (χ4n) is 3.37. The molecule has 3 rings (SSSR count). The first-order chi connectivity index (χ1) is 11.8. The number of fused-ring (bicyclic) bond motifs is 2. The van der Waals surface area contributed by atoms with E-state index in [1.54, 1.807) is 12.1 Å². The van der Waals surface area contributed by atoms with E-state index in [0.717, 1.165) is 0 Å². The first-order valence-electron chi connectivity index (χ1n) is 7.85. The maximum atomic E-state index is 14.5. The van der Waals surface area contributed by atoms with Crippen LogP contribution in [0.15, 0.2) is 30.7 Å². The van der Waals surface area contributed by atoms with Crippen LogP contribution in [0.1, 0.15) is 24.0 Å². The second-order valence-electron chi connectivity index (χ2n) is 6.41. The fourth-order valence-corrected chi connectivity index (χ4v) is 3.54. The van der Waals surface area contributed by atoms with E-state index >= 15 is 0 Å². The van der Waals surface area contributed by atoms with E-state index in [9.17, 15) is 13.2 Å². The molecule has 1 aromatic carbocycles. The van der Waals surface area contributed by atoms with Gasteiger partial charge in [0.05, 0.1) is 0 Å². The Bertz CT molecular complexity index is 779. The van der Waals surface area contributed by atoms with Gasteiger partial charge in [-0.1, -0.05) is 11.6 Å². The van der Waals surface area contributed by atoms with Gasteiger partial charge >= 0.3 is 6.18 Å². The van der Waals surface area contributed by atoms with E-state index in [2.05, 4.69) is 15.3 Å². The second-order valence-corrected chi connectivity index (χ2v) is 6.85. The number of benzene rings is 1. The Hall–Kier alpha value is -1.86. The normalized spacial score (nSPS) is 19.3. The first-order valence-corrected chi connectivity index (χ1v) is 8.22. The summed E-state index contributed by atoms with van der Waals surface area (Å²) in [7, 11) is 3.68. The molecule has 1 unspecified atom stereocenters. The number of nitrogens with zero attached hydrogens (tertiary/aromatic N) is 3. The number of hydrogen-bond donors (Lipinski definition) is 1. The Morgan fingerprint density at radius 3 is 2.68 bits per heavy atom. The highest BCUT2D eigenvalue weighted by atomic mass is 35.5. The molecule has 0 fully saturated rings. The van der Waals surface area contributed by atoms with Crippen LogP contribution < -0.4 is 5.32 Å². The van der Waals surface area contributed by atoms with Crippen LogP contribution in [-0.2, 0) is 5.41 Å². The molecule has 0 saturated carbocycles. The average Bonchev–Trinajstić information content (AvgIpc) is 2.53. The smallest absolute Gasteiger partial charge is 0.340 e. The summed E-state index contributed by atoms with van der Waals surface area (Å²) in [6, 6.07) is 4.53. The van der Waals surface area contributed by atoms with Gasteiger partial charge in [0.25, 0.3) is 0 Å². The summed E-state index contributed by atoms with van der Waals surface area (Å²) in [5.74, 6) is 0.187. The number of alkyl halides is 3. The van der Waals surface area contributed by atoms with Crippen molar-refractivity contribution in [3.63, 3.8) is 0 Å². The lowest BCUT2D eigenvalue weighted by molar-refractivity contribution is -0.180. The lowest BCUT2D eigenvalue weighted by atomic mass is 9.69. The minimum atomic E-state index is -4.51. The van der Waals surface area contributed by atoms with Gasteiger partial charge in [0.1, 0.15) is 17.6 Å². The van der Waals surface area contributed by atoms with E-state index < -0.39 is 11.6 Å². The summed E-state index contributed by atoms with van der Waals surface area (Å²) in [6.45, 7) is 0.546. The third-order valence-electron chi connectivity index (χ3n) is 4.51. The number of nitrogens with one attached hydrogen (secondary N) is 1. The highest BCUT2D eigenvalue weighted by Crippen LogP contribution is 2.56. The van der Waals surface area contributed by atoms with Gasteiger partial charge < -0.3 is 10.2 Å². The Morgan fingerprint density at radius 1 is 1.24 bits per heavy atom. The number of anilines is 2. The van der Waals surface area contributed by atoms with Crippen LogP contribution in [0.5, 0.6) is 0 Å². The number of rotatable bonds is 4. The molecular formula is C17H18ClF3N4. The van der Waals surface area contributed by atoms with Crippen LogP contribution in [-0.4, -0.2) is 41.7 Å². The molecule has 0 spiro atoms. The Balaban J connectivity index is 2.22. The third kappa shape index (κ3) is 3.06. The zero-order valence-electron chi connectivity index (χ0n) is 13.9. The van der Waals surface area contributed by atoms with Crippen LogP contribution in [0.3, 0.4) is 0 Å². The quantitative estimate of drug-likeness (QED) is 0.867. The lowest BCUT2D eigenvalue weighted by Crippen LogP contribution is -2.46. The number of hydrogen-bond acceptors (Lipinski definition) is 4. The largest absolute Gasteiger partial charge is 0.402 e. The molecule has 0 aliphatic carbocycles. The first kappa shape index (κ1) is 17.9. The lowest BCUT2D eigenvalue weighted by Gasteiger charge is -2.41. The zero-order valence-corrected chi connectivity index (χ0v) is 14.6. The molecule has 8 heteroatoms. The Labute approximate surface area is 149 Å². The molecule has 1 N–H and O–H groups in total. The van der Waals surface area contributed by atoms with Crippen molar-refractivity contribution in [2.75, 3.05) is 26.0 Å². The monoisotopic (exact) mass is 370 g/mol. The van der Waals surface area contributed by atoms with Crippen LogP contribution in [0.4, 0.5) is 24.7 Å². The van der Waals surface area contributed by atoms with Gasteiger partial charge in [-0.15, -0.1) is 0 Å². The molecule has 4 nitrogen and oxygen atoms in total. The van der Waals surface area contributed by atoms with Crippen molar-refractivity contribution in [3.05, 3.63) is 46.9 Å². The van der Waals surface area contributed by atoms with Gasteiger partial charge in [0.2, 0.25) is 0 Å². The molecule has 1 aromatic heterocycles. The summed E-state index contributed by atoms with van der Waals surface area (Å²) in [5, 5.41) is 3.24. The number of aromatic nitrogens is 2. The summed E-state index contributed by atoms with van der Waals surface area (Å²) in [5.41, 5.74) is -1.66. The molecule has 2 aromatic rings. The molecule has 0 amide bonds. The molecule has 2 heterocycles. The molecule has 1 atom stereocenters. The van der Waals surface area contributed by atoms with Crippen molar-refractivity contribution in [1.82, 2.24) is 14.9 Å². The van der Waals surface area contributed by atoms with Crippen LogP contribution in [0.25, 0.3) is 0 Å². The van der Waals surface area contributed by atoms with Crippen molar-refractivity contribution in [1.29, 1.82) is 0 Å². The van der Waals surface area contributed by atoms with Crippen molar-refractivity contribution in [2.45, 2.75) is 24.4 Å². The molecule has 1 aliphatic heterocycles. The maximum absolute atomic E-state index is 14.5. The molecule has 0 bridgehead atoms. The maximum Gasteiger partial charge on any atom is 0.402 e. The van der Waals surface area contributed by atoms with E-state index in [0.29, 0.717) is 18.7 Å². The van der Waals surface area contributed by atoms with Gasteiger partial charge in [-0.2, -0.15) is 13.2 Å². The van der Waals surface area contributed by atoms with E-state index in [1.165, 1.54) is 18.6 Å². The zero-order chi connectivity index (χ0) is 18.2. The molecule has 0 radical (unpaired) electrons. The minimum Gasteiger partial charge on any atom is -0.340 e. The summed E-state index contributed by atoms with van der Waals surface area (Å²) >= 11 is 6.03. The highest BCUT2D eigenvalue weighted by Gasteiger charge is 2.60. The van der Waals surface area contributed by atoms with Crippen LogP contribution in [0.2, 0.25) is 5.02 Å². The standard InChI is InChI=1S/C17H18ClF3N4/c1-25(2)7-3-6-16(17(19,20)21)12-8-11(18)4-5-14(12)24-15-13(16)9-22-10-23-15/h4-5,8-10H,3,6-7H2,1-2H3,(H,22,23,24). The van der Waals surface area contributed by atoms with Crippen LogP contribution >= 0.6 is 11.6 Å².